The van der Waals surface area contributed by atoms with Crippen molar-refractivity contribution in [3.8, 4) is 17.3 Å². The van der Waals surface area contributed by atoms with E-state index in [1.165, 1.54) is 39.9 Å². The van der Waals surface area contributed by atoms with Crippen molar-refractivity contribution in [3.63, 3.8) is 0 Å². The van der Waals surface area contributed by atoms with Gasteiger partial charge in [0.1, 0.15) is 11.9 Å². The van der Waals surface area contributed by atoms with Crippen LogP contribution in [0.15, 0.2) is 52.7 Å². The number of nitriles is 1. The molecular formula is C20H16ClFN4O2S2. The minimum absolute atomic E-state index is 0.0330. The monoisotopic (exact) mass is 462 g/mol. The Morgan fingerprint density at radius 2 is 1.87 bits per heavy atom. The zero-order valence-electron chi connectivity index (χ0n) is 15.6. The molecule has 4 rings (SSSR count). The van der Waals surface area contributed by atoms with Crippen molar-refractivity contribution < 1.29 is 12.8 Å². The van der Waals surface area contributed by atoms with Gasteiger partial charge < -0.3 is 4.90 Å². The van der Waals surface area contributed by atoms with Gasteiger partial charge in [0.2, 0.25) is 10.0 Å². The summed E-state index contributed by atoms with van der Waals surface area (Å²) in [4.78, 5) is 6.65. The van der Waals surface area contributed by atoms with Gasteiger partial charge in [-0.2, -0.15) is 9.57 Å². The average Bonchev–Trinajstić information content (AvgIpc) is 3.26. The summed E-state index contributed by atoms with van der Waals surface area (Å²) in [6.45, 7) is 1.54. The number of hydrogen-bond acceptors (Lipinski definition) is 6. The van der Waals surface area contributed by atoms with Crippen molar-refractivity contribution in [3.05, 3.63) is 64.2 Å². The molecule has 1 aliphatic heterocycles. The van der Waals surface area contributed by atoms with Gasteiger partial charge in [-0.15, -0.1) is 11.3 Å². The molecule has 0 amide bonds. The lowest BCUT2D eigenvalue weighted by atomic mass is 10.2. The van der Waals surface area contributed by atoms with Gasteiger partial charge in [0, 0.05) is 37.1 Å². The van der Waals surface area contributed by atoms with E-state index in [9.17, 15) is 18.1 Å². The molecule has 0 saturated carbocycles. The SMILES string of the molecule is N#Cc1ccccc1S(=O)(=O)N1CCN(c2nc(-c3ccc(F)c(Cl)c3)cs2)CC1. The minimum Gasteiger partial charge on any atom is -0.345 e. The standard InChI is InChI=1S/C20H16ClFN4O2S2/c21-16-11-14(5-6-17(16)22)18-13-29-20(24-18)25-7-9-26(10-8-25)30(27,28)19-4-2-1-3-15(19)12-23/h1-6,11,13H,7-10H2. The number of nitrogens with zero attached hydrogens (tertiary/aromatic N) is 4. The second kappa shape index (κ2) is 8.32. The lowest BCUT2D eigenvalue weighted by Gasteiger charge is -2.33. The molecule has 1 aliphatic rings. The van der Waals surface area contributed by atoms with Crippen molar-refractivity contribution in [2.45, 2.75) is 4.90 Å². The highest BCUT2D eigenvalue weighted by molar-refractivity contribution is 7.89. The molecule has 154 valence electrons. The summed E-state index contributed by atoms with van der Waals surface area (Å²) in [6, 6.07) is 12.6. The Bertz CT molecular complexity index is 1230. The summed E-state index contributed by atoms with van der Waals surface area (Å²) in [7, 11) is -3.74. The van der Waals surface area contributed by atoms with Gasteiger partial charge >= 0.3 is 0 Å². The zero-order valence-corrected chi connectivity index (χ0v) is 18.0. The normalized spacial score (nSPS) is 15.2. The Balaban J connectivity index is 1.48. The lowest BCUT2D eigenvalue weighted by Crippen LogP contribution is -2.48. The van der Waals surface area contributed by atoms with Crippen LogP contribution in [0.25, 0.3) is 11.3 Å². The maximum absolute atomic E-state index is 13.4. The summed E-state index contributed by atoms with van der Waals surface area (Å²) in [6.07, 6.45) is 0. The van der Waals surface area contributed by atoms with Crippen LogP contribution in [0.4, 0.5) is 9.52 Å². The van der Waals surface area contributed by atoms with Gasteiger partial charge in [-0.3, -0.25) is 0 Å². The maximum atomic E-state index is 13.4. The van der Waals surface area contributed by atoms with E-state index in [-0.39, 0.29) is 15.5 Å². The Kier molecular flexibility index (Phi) is 5.75. The highest BCUT2D eigenvalue weighted by Gasteiger charge is 2.31. The van der Waals surface area contributed by atoms with E-state index in [0.717, 1.165) is 10.7 Å². The largest absolute Gasteiger partial charge is 0.345 e. The first-order chi connectivity index (χ1) is 14.4. The first-order valence-electron chi connectivity index (χ1n) is 9.05. The van der Waals surface area contributed by atoms with Gasteiger partial charge in [0.25, 0.3) is 0 Å². The summed E-state index contributed by atoms with van der Waals surface area (Å²) >= 11 is 7.30. The number of thiazole rings is 1. The van der Waals surface area contributed by atoms with Crippen LogP contribution in [0.3, 0.4) is 0 Å². The molecule has 6 nitrogen and oxygen atoms in total. The van der Waals surface area contributed by atoms with Crippen molar-refractivity contribution in [1.82, 2.24) is 9.29 Å². The van der Waals surface area contributed by atoms with Crippen LogP contribution in [-0.4, -0.2) is 43.9 Å². The van der Waals surface area contributed by atoms with Gasteiger partial charge in [0.15, 0.2) is 5.13 Å². The molecule has 10 heteroatoms. The molecule has 2 heterocycles. The minimum atomic E-state index is -3.74. The molecule has 0 atom stereocenters. The van der Waals surface area contributed by atoms with Crippen LogP contribution < -0.4 is 4.90 Å². The molecule has 2 aromatic carbocycles. The number of halogens is 2. The average molecular weight is 463 g/mol. The molecule has 30 heavy (non-hydrogen) atoms. The van der Waals surface area contributed by atoms with Crippen molar-refractivity contribution in [2.75, 3.05) is 31.1 Å². The highest BCUT2D eigenvalue weighted by atomic mass is 35.5. The number of hydrogen-bond donors (Lipinski definition) is 0. The van der Waals surface area contributed by atoms with E-state index in [1.54, 1.807) is 18.2 Å². The fourth-order valence-corrected chi connectivity index (χ4v) is 5.87. The van der Waals surface area contributed by atoms with E-state index < -0.39 is 15.8 Å². The second-order valence-corrected chi connectivity index (χ2v) is 9.79. The van der Waals surface area contributed by atoms with Gasteiger partial charge in [-0.1, -0.05) is 23.7 Å². The summed E-state index contributed by atoms with van der Waals surface area (Å²) in [5.74, 6) is -0.480. The third kappa shape index (κ3) is 3.91. The Labute approximate surface area is 182 Å². The van der Waals surface area contributed by atoms with E-state index in [2.05, 4.69) is 4.98 Å². The van der Waals surface area contributed by atoms with E-state index in [0.29, 0.717) is 31.9 Å². The lowest BCUT2D eigenvalue weighted by molar-refractivity contribution is 0.384. The summed E-state index contributed by atoms with van der Waals surface area (Å²) in [5, 5.41) is 11.9. The topological polar surface area (TPSA) is 77.3 Å². The molecular weight excluding hydrogens is 447 g/mol. The van der Waals surface area contributed by atoms with Gasteiger partial charge in [-0.25, -0.2) is 17.8 Å². The third-order valence-corrected chi connectivity index (χ3v) is 7.99. The van der Waals surface area contributed by atoms with Crippen LogP contribution in [0, 0.1) is 17.1 Å². The quantitative estimate of drug-likeness (QED) is 0.586. The van der Waals surface area contributed by atoms with Crippen LogP contribution >= 0.6 is 22.9 Å². The van der Waals surface area contributed by atoms with E-state index >= 15 is 0 Å². The number of sulfonamides is 1. The van der Waals surface area contributed by atoms with Crippen LogP contribution in [0.5, 0.6) is 0 Å². The van der Waals surface area contributed by atoms with Crippen molar-refractivity contribution in [1.29, 1.82) is 5.26 Å². The predicted molar refractivity (Wildman–Crippen MR) is 115 cm³/mol. The van der Waals surface area contributed by atoms with E-state index in [4.69, 9.17) is 11.6 Å². The number of aromatic nitrogens is 1. The Morgan fingerprint density at radius 1 is 1.13 bits per heavy atom. The Hall–Kier alpha value is -2.51. The molecule has 0 N–H and O–H groups in total. The number of anilines is 1. The first kappa shape index (κ1) is 20.8. The molecule has 1 saturated heterocycles. The molecule has 1 aromatic heterocycles. The molecule has 0 aliphatic carbocycles. The maximum Gasteiger partial charge on any atom is 0.244 e. The van der Waals surface area contributed by atoms with Crippen LogP contribution in [-0.2, 0) is 10.0 Å². The van der Waals surface area contributed by atoms with Gasteiger partial charge in [0.05, 0.1) is 21.2 Å². The van der Waals surface area contributed by atoms with E-state index in [1.807, 2.05) is 16.3 Å². The fraction of sp³-hybridized carbons (Fsp3) is 0.200. The highest BCUT2D eigenvalue weighted by Crippen LogP contribution is 2.31. The van der Waals surface area contributed by atoms with Crippen LogP contribution in [0.2, 0.25) is 5.02 Å². The first-order valence-corrected chi connectivity index (χ1v) is 11.7. The Morgan fingerprint density at radius 3 is 2.57 bits per heavy atom. The fourth-order valence-electron chi connectivity index (χ4n) is 3.24. The smallest absolute Gasteiger partial charge is 0.244 e. The molecule has 3 aromatic rings. The number of benzene rings is 2. The van der Waals surface area contributed by atoms with Crippen LogP contribution in [0.1, 0.15) is 5.56 Å². The molecule has 1 fully saturated rings. The molecule has 0 bridgehead atoms. The summed E-state index contributed by atoms with van der Waals surface area (Å²) < 4.78 is 40.7. The molecule has 0 radical (unpaired) electrons. The molecule has 0 unspecified atom stereocenters. The van der Waals surface area contributed by atoms with Crippen molar-refractivity contribution >= 4 is 38.1 Å². The number of piperazine rings is 1. The van der Waals surface area contributed by atoms with Crippen molar-refractivity contribution in [2.24, 2.45) is 0 Å². The second-order valence-electron chi connectivity index (χ2n) is 6.64. The third-order valence-electron chi connectivity index (χ3n) is 4.84. The molecule has 0 spiro atoms. The van der Waals surface area contributed by atoms with Gasteiger partial charge in [-0.05, 0) is 30.3 Å². The number of rotatable bonds is 4. The predicted octanol–water partition coefficient (Wildman–Crippen LogP) is 3.99. The summed E-state index contributed by atoms with van der Waals surface area (Å²) in [5.41, 5.74) is 1.55. The zero-order chi connectivity index (χ0) is 21.3.